The van der Waals surface area contributed by atoms with E-state index in [0.29, 0.717) is 17.8 Å². The Morgan fingerprint density at radius 2 is 1.61 bits per heavy atom. The first-order valence-corrected chi connectivity index (χ1v) is 14.0. The average molecular weight is 520 g/mol. The van der Waals surface area contributed by atoms with Crippen molar-refractivity contribution in [1.29, 1.82) is 0 Å². The molecule has 0 fully saturated rings. The van der Waals surface area contributed by atoms with E-state index < -0.39 is 34.3 Å². The van der Waals surface area contributed by atoms with Crippen LogP contribution in [0.5, 0.6) is 0 Å². The molecule has 0 saturated carbocycles. The third-order valence-corrected chi connectivity index (χ3v) is 7.10. The second-order valence-corrected chi connectivity index (χ2v) is 11.9. The second-order valence-electron chi connectivity index (χ2n) is 10.0. The fraction of sp³-hybridized carbons (Fsp3) is 0.481. The van der Waals surface area contributed by atoms with Crippen LogP contribution >= 0.6 is 0 Å². The van der Waals surface area contributed by atoms with Gasteiger partial charge in [0.1, 0.15) is 18.4 Å². The second kappa shape index (κ2) is 12.3. The van der Waals surface area contributed by atoms with Gasteiger partial charge in [0.2, 0.25) is 21.8 Å². The van der Waals surface area contributed by atoms with Gasteiger partial charge in [-0.1, -0.05) is 58.4 Å². The van der Waals surface area contributed by atoms with Crippen molar-refractivity contribution in [3.8, 4) is 0 Å². The number of hydrogen-bond donors (Lipinski definition) is 1. The molecule has 0 saturated heterocycles. The van der Waals surface area contributed by atoms with Crippen LogP contribution in [0.4, 0.5) is 10.1 Å². The Morgan fingerprint density at radius 3 is 2.11 bits per heavy atom. The fourth-order valence-electron chi connectivity index (χ4n) is 3.65. The van der Waals surface area contributed by atoms with Crippen LogP contribution in [0.1, 0.15) is 58.6 Å². The summed E-state index contributed by atoms with van der Waals surface area (Å²) < 4.78 is 39.8. The summed E-state index contributed by atoms with van der Waals surface area (Å²) in [6.45, 7) is 9.82. The number of benzene rings is 2. The summed E-state index contributed by atoms with van der Waals surface area (Å²) in [5, 5.41) is 2.82. The lowest BCUT2D eigenvalue weighted by Crippen LogP contribution is -2.51. The van der Waals surface area contributed by atoms with Crippen LogP contribution in [0.2, 0.25) is 0 Å². The lowest BCUT2D eigenvalue weighted by Gasteiger charge is -2.31. The van der Waals surface area contributed by atoms with Gasteiger partial charge in [-0.05, 0) is 54.2 Å². The van der Waals surface area contributed by atoms with Crippen LogP contribution in [0.15, 0.2) is 48.5 Å². The van der Waals surface area contributed by atoms with Crippen molar-refractivity contribution in [1.82, 2.24) is 10.2 Å². The third kappa shape index (κ3) is 8.33. The van der Waals surface area contributed by atoms with Gasteiger partial charge in [-0.3, -0.25) is 13.9 Å². The summed E-state index contributed by atoms with van der Waals surface area (Å²) in [6.07, 6.45) is 2.75. The molecule has 1 atom stereocenters. The number of amides is 2. The molecule has 9 heteroatoms. The molecular formula is C27H38FN3O4S. The van der Waals surface area contributed by atoms with Crippen LogP contribution in [0.25, 0.3) is 0 Å². The maximum absolute atomic E-state index is 13.5. The minimum absolute atomic E-state index is 0.0298. The molecule has 0 heterocycles. The number of unbranched alkanes of at least 4 members (excludes halogenated alkanes) is 1. The van der Waals surface area contributed by atoms with Crippen molar-refractivity contribution in [2.45, 2.75) is 65.5 Å². The van der Waals surface area contributed by atoms with Gasteiger partial charge in [-0.25, -0.2) is 12.8 Å². The van der Waals surface area contributed by atoms with E-state index >= 15 is 0 Å². The first-order valence-electron chi connectivity index (χ1n) is 12.1. The highest BCUT2D eigenvalue weighted by Crippen LogP contribution is 2.26. The summed E-state index contributed by atoms with van der Waals surface area (Å²) >= 11 is 0. The molecule has 0 aliphatic carbocycles. The van der Waals surface area contributed by atoms with Crippen molar-refractivity contribution in [3.05, 3.63) is 65.5 Å². The first-order chi connectivity index (χ1) is 16.7. The molecule has 0 aliphatic rings. The van der Waals surface area contributed by atoms with Gasteiger partial charge in [0.15, 0.2) is 0 Å². The number of halogens is 1. The molecule has 0 spiro atoms. The average Bonchev–Trinajstić information content (AvgIpc) is 2.80. The van der Waals surface area contributed by atoms with Crippen molar-refractivity contribution in [2.24, 2.45) is 0 Å². The molecule has 2 amide bonds. The van der Waals surface area contributed by atoms with E-state index in [1.165, 1.54) is 29.2 Å². The topological polar surface area (TPSA) is 86.8 Å². The molecule has 7 nitrogen and oxygen atoms in total. The predicted octanol–water partition coefficient (Wildman–Crippen LogP) is 4.22. The Bertz CT molecular complexity index is 1130. The van der Waals surface area contributed by atoms with Gasteiger partial charge in [0.05, 0.1) is 11.9 Å². The highest BCUT2D eigenvalue weighted by molar-refractivity contribution is 7.92. The van der Waals surface area contributed by atoms with Crippen LogP contribution in [0, 0.1) is 5.82 Å². The number of anilines is 1. The molecule has 0 aromatic heterocycles. The Balaban J connectivity index is 2.35. The number of nitrogens with zero attached hydrogens (tertiary/aromatic N) is 2. The van der Waals surface area contributed by atoms with Gasteiger partial charge in [-0.15, -0.1) is 0 Å². The van der Waals surface area contributed by atoms with Gasteiger partial charge in [0.25, 0.3) is 0 Å². The highest BCUT2D eigenvalue weighted by atomic mass is 32.2. The van der Waals surface area contributed by atoms with E-state index in [1.54, 1.807) is 19.1 Å². The summed E-state index contributed by atoms with van der Waals surface area (Å²) in [7, 11) is -3.80. The minimum Gasteiger partial charge on any atom is -0.354 e. The molecule has 36 heavy (non-hydrogen) atoms. The molecule has 1 N–H and O–H groups in total. The molecule has 198 valence electrons. The zero-order chi connectivity index (χ0) is 27.1. The zero-order valence-corrected chi connectivity index (χ0v) is 22.9. The van der Waals surface area contributed by atoms with E-state index in [1.807, 2.05) is 19.1 Å². The third-order valence-electron chi connectivity index (χ3n) is 5.96. The molecular weight excluding hydrogens is 481 g/mol. The summed E-state index contributed by atoms with van der Waals surface area (Å²) in [4.78, 5) is 27.6. The van der Waals surface area contributed by atoms with Crippen LogP contribution < -0.4 is 9.62 Å². The van der Waals surface area contributed by atoms with Crippen molar-refractivity contribution >= 4 is 27.5 Å². The Labute approximate surface area is 214 Å². The number of rotatable bonds is 11. The number of nitrogens with one attached hydrogen (secondary N) is 1. The molecule has 2 aromatic rings. The van der Waals surface area contributed by atoms with Gasteiger partial charge in [-0.2, -0.15) is 0 Å². The van der Waals surface area contributed by atoms with Gasteiger partial charge in [0, 0.05) is 13.1 Å². The predicted molar refractivity (Wildman–Crippen MR) is 142 cm³/mol. The summed E-state index contributed by atoms with van der Waals surface area (Å²) in [5.74, 6) is -1.29. The van der Waals surface area contributed by atoms with Crippen molar-refractivity contribution < 1.29 is 22.4 Å². The van der Waals surface area contributed by atoms with E-state index in [-0.39, 0.29) is 17.9 Å². The SMILES string of the molecule is CCCCNC(=O)C(C)N(Cc1ccc(F)cc1)C(=O)CN(c1ccc(C(C)(C)C)cc1)S(C)(=O)=O. The van der Waals surface area contributed by atoms with Crippen molar-refractivity contribution in [3.63, 3.8) is 0 Å². The molecule has 2 aromatic carbocycles. The number of carbonyl (C=O) groups is 2. The highest BCUT2D eigenvalue weighted by Gasteiger charge is 2.30. The number of hydrogen-bond acceptors (Lipinski definition) is 4. The monoisotopic (exact) mass is 519 g/mol. The Kier molecular flexibility index (Phi) is 10.0. The van der Waals surface area contributed by atoms with E-state index in [4.69, 9.17) is 0 Å². The minimum atomic E-state index is -3.80. The smallest absolute Gasteiger partial charge is 0.244 e. The molecule has 1 unspecified atom stereocenters. The number of sulfonamides is 1. The molecule has 2 rings (SSSR count). The standard InChI is InChI=1S/C27H38FN3O4S/c1-7-8-17-29-26(33)20(2)30(18-21-9-13-23(28)14-10-21)25(32)19-31(36(6,34)35)24-15-11-22(12-16-24)27(3,4)5/h9-16,20H,7-8,17-19H2,1-6H3,(H,29,33). The Hall–Kier alpha value is -2.94. The maximum Gasteiger partial charge on any atom is 0.244 e. The quantitative estimate of drug-likeness (QED) is 0.451. The first kappa shape index (κ1) is 29.3. The number of carbonyl (C=O) groups excluding carboxylic acids is 2. The van der Waals surface area contributed by atoms with E-state index in [9.17, 15) is 22.4 Å². The van der Waals surface area contributed by atoms with Gasteiger partial charge < -0.3 is 10.2 Å². The fourth-order valence-corrected chi connectivity index (χ4v) is 4.50. The lowest BCUT2D eigenvalue weighted by molar-refractivity contribution is -0.139. The lowest BCUT2D eigenvalue weighted by atomic mass is 9.87. The van der Waals surface area contributed by atoms with Crippen LogP contribution in [-0.2, 0) is 31.6 Å². The Morgan fingerprint density at radius 1 is 1.03 bits per heavy atom. The molecule has 0 bridgehead atoms. The van der Waals surface area contributed by atoms with Crippen LogP contribution in [-0.4, -0.2) is 50.5 Å². The summed E-state index contributed by atoms with van der Waals surface area (Å²) in [6, 6.07) is 11.8. The van der Waals surface area contributed by atoms with E-state index in [0.717, 1.165) is 29.0 Å². The largest absolute Gasteiger partial charge is 0.354 e. The summed E-state index contributed by atoms with van der Waals surface area (Å²) in [5.41, 5.74) is 1.90. The zero-order valence-electron chi connectivity index (χ0n) is 22.0. The van der Waals surface area contributed by atoms with Crippen molar-refractivity contribution in [2.75, 3.05) is 23.7 Å². The molecule has 0 radical (unpaired) electrons. The van der Waals surface area contributed by atoms with Gasteiger partial charge >= 0.3 is 0 Å². The molecule has 0 aliphatic heterocycles. The van der Waals surface area contributed by atoms with Crippen LogP contribution in [0.3, 0.4) is 0 Å². The maximum atomic E-state index is 13.5. The van der Waals surface area contributed by atoms with E-state index in [2.05, 4.69) is 26.1 Å². The normalized spacial score (nSPS) is 12.6.